The largest absolute Gasteiger partial charge is 0.358 e. The summed E-state index contributed by atoms with van der Waals surface area (Å²) in [6.07, 6.45) is 2.64. The molecule has 0 saturated heterocycles. The van der Waals surface area contributed by atoms with Gasteiger partial charge in [-0.15, -0.1) is 0 Å². The minimum Gasteiger partial charge on any atom is -0.358 e. The maximum absolute atomic E-state index is 11.5. The number of carbonyl (C=O) groups excluding carboxylic acids is 2. The summed E-state index contributed by atoms with van der Waals surface area (Å²) >= 11 is 0. The van der Waals surface area contributed by atoms with Crippen LogP contribution in [0.3, 0.4) is 0 Å². The van der Waals surface area contributed by atoms with Gasteiger partial charge in [-0.2, -0.15) is 0 Å². The molecule has 2 amide bonds. The minimum absolute atomic E-state index is 0.00420. The minimum atomic E-state index is -0.0812. The summed E-state index contributed by atoms with van der Waals surface area (Å²) < 4.78 is 0. The Morgan fingerprint density at radius 2 is 1.88 bits per heavy atom. The lowest BCUT2D eigenvalue weighted by atomic mass is 10.1. The lowest BCUT2D eigenvalue weighted by molar-refractivity contribution is -0.125. The molecule has 0 bridgehead atoms. The van der Waals surface area contributed by atoms with E-state index in [0.717, 1.165) is 19.3 Å². The van der Waals surface area contributed by atoms with Crippen LogP contribution < -0.4 is 10.6 Å². The van der Waals surface area contributed by atoms with Crippen LogP contribution in [0.5, 0.6) is 0 Å². The van der Waals surface area contributed by atoms with Crippen LogP contribution in [0.4, 0.5) is 0 Å². The van der Waals surface area contributed by atoms with E-state index in [1.165, 1.54) is 6.92 Å². The van der Waals surface area contributed by atoms with Crippen molar-refractivity contribution in [2.75, 3.05) is 27.7 Å². The summed E-state index contributed by atoms with van der Waals surface area (Å²) in [4.78, 5) is 24.0. The van der Waals surface area contributed by atoms with Gasteiger partial charge in [0.05, 0.1) is 6.04 Å². The van der Waals surface area contributed by atoms with E-state index in [9.17, 15) is 9.59 Å². The smallest absolute Gasteiger partial charge is 0.237 e. The number of nitrogens with zero attached hydrogens (tertiary/aromatic N) is 1. The number of nitrogens with one attached hydrogen (secondary N) is 2. The van der Waals surface area contributed by atoms with Gasteiger partial charge in [0.25, 0.3) is 0 Å². The van der Waals surface area contributed by atoms with Crippen LogP contribution in [0.25, 0.3) is 0 Å². The molecule has 0 heterocycles. The van der Waals surface area contributed by atoms with Crippen molar-refractivity contribution < 1.29 is 9.59 Å². The van der Waals surface area contributed by atoms with Crippen LogP contribution in [0.15, 0.2) is 0 Å². The highest BCUT2D eigenvalue weighted by Crippen LogP contribution is 2.05. The topological polar surface area (TPSA) is 61.4 Å². The lowest BCUT2D eigenvalue weighted by Gasteiger charge is -2.22. The summed E-state index contributed by atoms with van der Waals surface area (Å²) in [6, 6.07) is -0.0812. The first-order valence-electron chi connectivity index (χ1n) is 5.61. The van der Waals surface area contributed by atoms with Gasteiger partial charge in [-0.05, 0) is 33.4 Å². The summed E-state index contributed by atoms with van der Waals surface area (Å²) in [5.74, 6) is 0.0417. The molecule has 0 aromatic rings. The molecule has 94 valence electrons. The van der Waals surface area contributed by atoms with Crippen molar-refractivity contribution in [2.45, 2.75) is 32.2 Å². The van der Waals surface area contributed by atoms with E-state index in [0.29, 0.717) is 6.54 Å². The van der Waals surface area contributed by atoms with Gasteiger partial charge in [0.1, 0.15) is 0 Å². The summed E-state index contributed by atoms with van der Waals surface area (Å²) in [5, 5.41) is 5.39. The van der Waals surface area contributed by atoms with Gasteiger partial charge < -0.3 is 10.6 Å². The molecular formula is C11H23N3O2. The Morgan fingerprint density at radius 3 is 2.31 bits per heavy atom. The number of carbonyl (C=O) groups is 2. The van der Waals surface area contributed by atoms with Gasteiger partial charge >= 0.3 is 0 Å². The zero-order valence-corrected chi connectivity index (χ0v) is 10.7. The van der Waals surface area contributed by atoms with E-state index in [-0.39, 0.29) is 17.9 Å². The third-order valence-corrected chi connectivity index (χ3v) is 2.45. The average Bonchev–Trinajstić information content (AvgIpc) is 2.21. The molecule has 0 aliphatic heterocycles. The number of likely N-dealkylation sites (N-methyl/N-ethyl adjacent to an activating group) is 2. The SMILES string of the molecule is CC(=O)NCCCCC(C(=O)N[13CH3])N(C)C. The fourth-order valence-electron chi connectivity index (χ4n) is 1.52. The molecule has 16 heavy (non-hydrogen) atoms. The standard InChI is InChI=1S/C11H23N3O2/c1-9(15)13-8-6-5-7-10(14(3)4)11(16)12-2/h10H,5-8H2,1-4H3,(H,12,16)(H,13,15)/i2+1. The Bertz CT molecular complexity index is 229. The molecule has 0 aromatic heterocycles. The van der Waals surface area contributed by atoms with E-state index in [4.69, 9.17) is 0 Å². The fourth-order valence-corrected chi connectivity index (χ4v) is 1.52. The molecule has 0 saturated carbocycles. The Balaban J connectivity index is 3.77. The highest BCUT2D eigenvalue weighted by Gasteiger charge is 2.18. The number of unbranched alkanes of at least 4 members (excludes halogenated alkanes) is 1. The van der Waals surface area contributed by atoms with Gasteiger partial charge in [-0.25, -0.2) is 0 Å². The number of hydrogen-bond acceptors (Lipinski definition) is 3. The van der Waals surface area contributed by atoms with Gasteiger partial charge in [0.15, 0.2) is 0 Å². The van der Waals surface area contributed by atoms with Crippen molar-refractivity contribution in [3.05, 3.63) is 0 Å². The molecule has 5 heteroatoms. The second-order valence-corrected chi connectivity index (χ2v) is 4.07. The maximum atomic E-state index is 11.5. The molecule has 0 spiro atoms. The first-order chi connectivity index (χ1) is 7.49. The predicted molar refractivity (Wildman–Crippen MR) is 64.1 cm³/mol. The van der Waals surface area contributed by atoms with E-state index in [1.807, 2.05) is 19.0 Å². The second kappa shape index (κ2) is 8.10. The van der Waals surface area contributed by atoms with Crippen molar-refractivity contribution in [1.82, 2.24) is 15.5 Å². The van der Waals surface area contributed by atoms with Gasteiger partial charge in [0.2, 0.25) is 11.8 Å². The molecule has 0 rings (SSSR count). The first kappa shape index (κ1) is 14.9. The monoisotopic (exact) mass is 230 g/mol. The van der Waals surface area contributed by atoms with Crippen LogP contribution in [0.1, 0.15) is 26.2 Å². The van der Waals surface area contributed by atoms with Crippen LogP contribution in [0.2, 0.25) is 0 Å². The maximum Gasteiger partial charge on any atom is 0.237 e. The molecule has 0 radical (unpaired) electrons. The van der Waals surface area contributed by atoms with E-state index in [1.54, 1.807) is 7.05 Å². The van der Waals surface area contributed by atoms with Gasteiger partial charge in [-0.1, -0.05) is 0 Å². The quantitative estimate of drug-likeness (QED) is 0.477. The number of amides is 2. The third-order valence-electron chi connectivity index (χ3n) is 2.45. The van der Waals surface area contributed by atoms with Crippen LogP contribution >= 0.6 is 0 Å². The van der Waals surface area contributed by atoms with Crippen LogP contribution in [-0.2, 0) is 9.59 Å². The summed E-state index contributed by atoms with van der Waals surface area (Å²) in [5.41, 5.74) is 0. The molecular weight excluding hydrogens is 207 g/mol. The Morgan fingerprint density at radius 1 is 1.25 bits per heavy atom. The molecule has 5 nitrogen and oxygen atoms in total. The second-order valence-electron chi connectivity index (χ2n) is 4.07. The van der Waals surface area contributed by atoms with Crippen molar-refractivity contribution >= 4 is 11.8 Å². The molecule has 0 fully saturated rings. The van der Waals surface area contributed by atoms with E-state index in [2.05, 4.69) is 10.6 Å². The van der Waals surface area contributed by atoms with E-state index >= 15 is 0 Å². The summed E-state index contributed by atoms with van der Waals surface area (Å²) in [7, 11) is 5.44. The molecule has 0 aliphatic carbocycles. The number of rotatable bonds is 7. The van der Waals surface area contributed by atoms with Crippen LogP contribution in [-0.4, -0.2) is 50.4 Å². The Labute approximate surface area is 97.6 Å². The number of hydrogen-bond donors (Lipinski definition) is 2. The summed E-state index contributed by atoms with van der Waals surface area (Å²) in [6.45, 7) is 2.19. The van der Waals surface area contributed by atoms with Crippen molar-refractivity contribution in [2.24, 2.45) is 0 Å². The zero-order valence-electron chi connectivity index (χ0n) is 10.7. The highest BCUT2D eigenvalue weighted by atomic mass is 16.2. The van der Waals surface area contributed by atoms with Crippen molar-refractivity contribution in [1.29, 1.82) is 0 Å². The lowest BCUT2D eigenvalue weighted by Crippen LogP contribution is -2.42. The average molecular weight is 230 g/mol. The molecule has 2 N–H and O–H groups in total. The van der Waals surface area contributed by atoms with E-state index < -0.39 is 0 Å². The highest BCUT2D eigenvalue weighted by molar-refractivity contribution is 5.81. The Hall–Kier alpha value is -1.10. The predicted octanol–water partition coefficient (Wildman–Crippen LogP) is -0.0310. The molecule has 0 aliphatic rings. The molecule has 1 atom stereocenters. The van der Waals surface area contributed by atoms with Crippen LogP contribution in [0, 0.1) is 0 Å². The zero-order chi connectivity index (χ0) is 12.6. The normalized spacial score (nSPS) is 12.3. The van der Waals surface area contributed by atoms with Gasteiger partial charge in [-0.3, -0.25) is 14.5 Å². The molecule has 1 unspecified atom stereocenters. The van der Waals surface area contributed by atoms with Crippen molar-refractivity contribution in [3.8, 4) is 0 Å². The Kier molecular flexibility index (Phi) is 7.54. The third kappa shape index (κ3) is 6.40. The van der Waals surface area contributed by atoms with Crippen molar-refractivity contribution in [3.63, 3.8) is 0 Å². The van der Waals surface area contributed by atoms with Gasteiger partial charge in [0, 0.05) is 20.5 Å². The first-order valence-corrected chi connectivity index (χ1v) is 5.61. The molecule has 0 aromatic carbocycles. The fraction of sp³-hybridized carbons (Fsp3) is 0.818.